The average Bonchev–Trinajstić information content (AvgIpc) is 3.15. The summed E-state index contributed by atoms with van der Waals surface area (Å²) in [7, 11) is 0. The van der Waals surface area contributed by atoms with Crippen LogP contribution < -0.4 is 5.32 Å². The molecule has 4 rings (SSSR count). The minimum absolute atomic E-state index is 0.0542. The Bertz CT molecular complexity index is 1150. The van der Waals surface area contributed by atoms with Gasteiger partial charge in [0.2, 0.25) is 5.91 Å². The second kappa shape index (κ2) is 8.95. The normalized spacial score (nSPS) is 12.1. The van der Waals surface area contributed by atoms with E-state index in [1.807, 2.05) is 48.5 Å². The Hall–Kier alpha value is -3.40. The number of carbonyl (C=O) groups excluding carboxylic acids is 1. The van der Waals surface area contributed by atoms with Crippen LogP contribution in [0, 0.1) is 5.82 Å². The standard InChI is InChI=1S/C26H25FN2O/c1-2-29-18-24(22-13-6-7-14-25(22)29)23(20-11-8-12-21(27)15-20)16-26(30)28-17-19-9-4-3-5-10-19/h3-15,18,23H,2,16-17H2,1H3,(H,28,30)/t23-/m1/s1. The molecule has 1 N–H and O–H groups in total. The lowest BCUT2D eigenvalue weighted by Gasteiger charge is -2.17. The number of halogens is 1. The Kier molecular flexibility index (Phi) is 5.94. The molecule has 0 saturated heterocycles. The smallest absolute Gasteiger partial charge is 0.221 e. The van der Waals surface area contributed by atoms with E-state index in [0.717, 1.165) is 34.1 Å². The van der Waals surface area contributed by atoms with Crippen LogP contribution in [0.25, 0.3) is 10.9 Å². The summed E-state index contributed by atoms with van der Waals surface area (Å²) in [6.07, 6.45) is 2.36. The molecule has 1 amide bonds. The SMILES string of the molecule is CCn1cc([C@H](CC(=O)NCc2ccccc2)c2cccc(F)c2)c2ccccc21. The summed E-state index contributed by atoms with van der Waals surface area (Å²) in [5, 5.41) is 4.11. The fraction of sp³-hybridized carbons (Fsp3) is 0.192. The van der Waals surface area contributed by atoms with E-state index >= 15 is 0 Å². The molecule has 0 aliphatic carbocycles. The van der Waals surface area contributed by atoms with Crippen LogP contribution >= 0.6 is 0 Å². The highest BCUT2D eigenvalue weighted by Gasteiger charge is 2.23. The summed E-state index contributed by atoms with van der Waals surface area (Å²) >= 11 is 0. The molecule has 30 heavy (non-hydrogen) atoms. The molecule has 0 saturated carbocycles. The highest BCUT2D eigenvalue weighted by Crippen LogP contribution is 2.35. The molecule has 3 aromatic carbocycles. The van der Waals surface area contributed by atoms with Crippen LogP contribution in [0.2, 0.25) is 0 Å². The van der Waals surface area contributed by atoms with Gasteiger partial charge in [-0.05, 0) is 41.8 Å². The fourth-order valence-corrected chi connectivity index (χ4v) is 4.00. The van der Waals surface area contributed by atoms with Gasteiger partial charge < -0.3 is 9.88 Å². The van der Waals surface area contributed by atoms with E-state index in [0.29, 0.717) is 6.54 Å². The van der Waals surface area contributed by atoms with Crippen molar-refractivity contribution < 1.29 is 9.18 Å². The molecule has 3 nitrogen and oxygen atoms in total. The number of nitrogens with one attached hydrogen (secondary N) is 1. The van der Waals surface area contributed by atoms with Crippen molar-refractivity contribution in [2.45, 2.75) is 32.4 Å². The predicted octanol–water partition coefficient (Wildman–Crippen LogP) is 5.64. The monoisotopic (exact) mass is 400 g/mol. The maximum Gasteiger partial charge on any atom is 0.221 e. The zero-order valence-corrected chi connectivity index (χ0v) is 17.0. The van der Waals surface area contributed by atoms with E-state index in [9.17, 15) is 9.18 Å². The first-order chi connectivity index (χ1) is 14.7. The molecule has 0 unspecified atom stereocenters. The quantitative estimate of drug-likeness (QED) is 0.428. The Morgan fingerprint density at radius 2 is 1.77 bits per heavy atom. The highest BCUT2D eigenvalue weighted by molar-refractivity contribution is 5.86. The number of hydrogen-bond acceptors (Lipinski definition) is 1. The molecule has 1 aromatic heterocycles. The number of nitrogens with zero attached hydrogens (tertiary/aromatic N) is 1. The number of fused-ring (bicyclic) bond motifs is 1. The van der Waals surface area contributed by atoms with Crippen molar-refractivity contribution in [2.24, 2.45) is 0 Å². The van der Waals surface area contributed by atoms with Gasteiger partial charge in [-0.15, -0.1) is 0 Å². The summed E-state index contributed by atoms with van der Waals surface area (Å²) in [6.45, 7) is 3.41. The van der Waals surface area contributed by atoms with Gasteiger partial charge >= 0.3 is 0 Å². The Morgan fingerprint density at radius 3 is 2.53 bits per heavy atom. The molecule has 4 aromatic rings. The lowest BCUT2D eigenvalue weighted by atomic mass is 9.88. The first-order valence-electron chi connectivity index (χ1n) is 10.3. The number of carbonyl (C=O) groups is 1. The first kappa shape index (κ1) is 19.9. The van der Waals surface area contributed by atoms with Crippen molar-refractivity contribution >= 4 is 16.8 Å². The minimum Gasteiger partial charge on any atom is -0.352 e. The van der Waals surface area contributed by atoms with Crippen molar-refractivity contribution in [3.8, 4) is 0 Å². The topological polar surface area (TPSA) is 34.0 Å². The Morgan fingerprint density at radius 1 is 1.00 bits per heavy atom. The number of hydrogen-bond donors (Lipinski definition) is 1. The van der Waals surface area contributed by atoms with Crippen LogP contribution in [0.1, 0.15) is 36.0 Å². The summed E-state index contributed by atoms with van der Waals surface area (Å²) in [5.41, 5.74) is 4.04. The minimum atomic E-state index is -0.290. The van der Waals surface area contributed by atoms with Crippen molar-refractivity contribution in [2.75, 3.05) is 0 Å². The summed E-state index contributed by atoms with van der Waals surface area (Å²) < 4.78 is 16.2. The van der Waals surface area contributed by atoms with Gasteiger partial charge in [0.15, 0.2) is 0 Å². The second-order valence-electron chi connectivity index (χ2n) is 7.46. The molecule has 0 aliphatic rings. The van der Waals surface area contributed by atoms with E-state index in [1.165, 1.54) is 12.1 Å². The van der Waals surface area contributed by atoms with Gasteiger partial charge in [0.1, 0.15) is 5.82 Å². The van der Waals surface area contributed by atoms with Crippen molar-refractivity contribution in [1.82, 2.24) is 9.88 Å². The molecular formula is C26H25FN2O. The molecule has 0 fully saturated rings. The third-order valence-electron chi connectivity index (χ3n) is 5.51. The molecule has 0 spiro atoms. The fourth-order valence-electron chi connectivity index (χ4n) is 4.00. The lowest BCUT2D eigenvalue weighted by molar-refractivity contribution is -0.121. The average molecular weight is 400 g/mol. The summed E-state index contributed by atoms with van der Waals surface area (Å²) in [6, 6.07) is 24.6. The van der Waals surface area contributed by atoms with E-state index in [2.05, 4.69) is 35.1 Å². The van der Waals surface area contributed by atoms with Crippen molar-refractivity contribution in [1.29, 1.82) is 0 Å². The van der Waals surface area contributed by atoms with Gasteiger partial charge in [-0.1, -0.05) is 60.7 Å². The van der Waals surface area contributed by atoms with Crippen LogP contribution in [-0.4, -0.2) is 10.5 Å². The van der Waals surface area contributed by atoms with E-state index in [-0.39, 0.29) is 24.1 Å². The molecule has 4 heteroatoms. The lowest BCUT2D eigenvalue weighted by Crippen LogP contribution is -2.25. The van der Waals surface area contributed by atoms with Gasteiger partial charge in [0.05, 0.1) is 0 Å². The van der Waals surface area contributed by atoms with Crippen LogP contribution in [0.3, 0.4) is 0 Å². The zero-order chi connectivity index (χ0) is 20.9. The Balaban J connectivity index is 1.67. The van der Waals surface area contributed by atoms with E-state index in [4.69, 9.17) is 0 Å². The number of aromatic nitrogens is 1. The van der Waals surface area contributed by atoms with E-state index in [1.54, 1.807) is 6.07 Å². The van der Waals surface area contributed by atoms with Crippen molar-refractivity contribution in [3.05, 3.63) is 108 Å². The number of rotatable bonds is 7. The predicted molar refractivity (Wildman–Crippen MR) is 119 cm³/mol. The van der Waals surface area contributed by atoms with Gasteiger partial charge in [0, 0.05) is 42.5 Å². The molecule has 152 valence electrons. The van der Waals surface area contributed by atoms with E-state index < -0.39 is 0 Å². The van der Waals surface area contributed by atoms with Gasteiger partial charge in [0.25, 0.3) is 0 Å². The molecule has 1 atom stereocenters. The van der Waals surface area contributed by atoms with Gasteiger partial charge in [-0.2, -0.15) is 0 Å². The van der Waals surface area contributed by atoms with Crippen LogP contribution in [0.15, 0.2) is 85.1 Å². The molecule has 0 radical (unpaired) electrons. The summed E-state index contributed by atoms with van der Waals surface area (Å²) in [5.74, 6) is -0.572. The molecule has 1 heterocycles. The second-order valence-corrected chi connectivity index (χ2v) is 7.46. The molecule has 0 bridgehead atoms. The van der Waals surface area contributed by atoms with Gasteiger partial charge in [-0.3, -0.25) is 4.79 Å². The first-order valence-corrected chi connectivity index (χ1v) is 10.3. The van der Waals surface area contributed by atoms with Crippen molar-refractivity contribution in [3.63, 3.8) is 0 Å². The maximum atomic E-state index is 14.0. The largest absolute Gasteiger partial charge is 0.352 e. The zero-order valence-electron chi connectivity index (χ0n) is 17.0. The number of para-hydroxylation sites is 1. The molecular weight excluding hydrogens is 375 g/mol. The number of aryl methyl sites for hydroxylation is 1. The number of amides is 1. The van der Waals surface area contributed by atoms with Crippen LogP contribution in [0.4, 0.5) is 4.39 Å². The summed E-state index contributed by atoms with van der Waals surface area (Å²) in [4.78, 5) is 12.9. The van der Waals surface area contributed by atoms with Crippen LogP contribution in [-0.2, 0) is 17.9 Å². The highest BCUT2D eigenvalue weighted by atomic mass is 19.1. The van der Waals surface area contributed by atoms with Crippen LogP contribution in [0.5, 0.6) is 0 Å². The third-order valence-corrected chi connectivity index (χ3v) is 5.51. The molecule has 0 aliphatic heterocycles. The maximum absolute atomic E-state index is 14.0. The number of benzene rings is 3. The van der Waals surface area contributed by atoms with Gasteiger partial charge in [-0.25, -0.2) is 4.39 Å². The third kappa shape index (κ3) is 4.28. The Labute approximate surface area is 176 Å².